The molecule has 3 aliphatic rings. The molecule has 0 saturated carbocycles. The molecule has 5 aromatic carbocycles. The van der Waals surface area contributed by atoms with Crippen LogP contribution < -0.4 is 4.74 Å². The molecule has 332 valence electrons. The quantitative estimate of drug-likeness (QED) is 0.0850. The van der Waals surface area contributed by atoms with Gasteiger partial charge in [-0.1, -0.05) is 97.1 Å². The first kappa shape index (κ1) is 44.2. The fourth-order valence-corrected chi connectivity index (χ4v) is 7.62. The van der Waals surface area contributed by atoms with Crippen molar-refractivity contribution in [1.82, 2.24) is 0 Å². The molecule has 3 fully saturated rings. The number of esters is 4. The van der Waals surface area contributed by atoms with Crippen molar-refractivity contribution in [2.75, 3.05) is 20.8 Å². The number of benzene rings is 5. The van der Waals surface area contributed by atoms with Crippen molar-refractivity contribution < 1.29 is 71.3 Å². The maximum Gasteiger partial charge on any atom is 0.338 e. The lowest BCUT2D eigenvalue weighted by molar-refractivity contribution is -0.339. The van der Waals surface area contributed by atoms with E-state index in [4.69, 9.17) is 52.1 Å². The third-order valence-electron chi connectivity index (χ3n) is 10.9. The lowest BCUT2D eigenvalue weighted by Gasteiger charge is -2.47. The van der Waals surface area contributed by atoms with E-state index >= 15 is 0 Å². The van der Waals surface area contributed by atoms with Gasteiger partial charge in [0.2, 0.25) is 0 Å². The molecule has 3 aliphatic heterocycles. The van der Waals surface area contributed by atoms with Crippen molar-refractivity contribution in [1.29, 1.82) is 0 Å². The van der Waals surface area contributed by atoms with Crippen LogP contribution in [0.1, 0.15) is 42.2 Å². The molecule has 15 nitrogen and oxygen atoms in total. The number of carbonyl (C=O) groups is 4. The summed E-state index contributed by atoms with van der Waals surface area (Å²) in [5.74, 6) is -2.65. The van der Waals surface area contributed by atoms with Crippen molar-refractivity contribution in [3.63, 3.8) is 0 Å². The van der Waals surface area contributed by atoms with Crippen LogP contribution in [0.3, 0.4) is 0 Å². The SMILES string of the molecule is COC(=O)[C@H]1O[C@@H](O[C@H]2[C@H](OC(=O)c3ccccc3)[C@@H](OC(=O)c3ccccc3)[C@@H]3OC[C@H]2O3)[C@H](OC(=O)c2ccc(OC)cc2)[C@@H](OCc2ccccc2)[C@@H]1OCc1ccccc1. The summed E-state index contributed by atoms with van der Waals surface area (Å²) < 4.78 is 67.7. The largest absolute Gasteiger partial charge is 0.497 e. The van der Waals surface area contributed by atoms with E-state index in [2.05, 4.69) is 0 Å². The zero-order chi connectivity index (χ0) is 44.4. The molecule has 0 radical (unpaired) electrons. The Morgan fingerprint density at radius 2 is 1.00 bits per heavy atom. The molecule has 0 amide bonds. The normalized spacial score (nSPS) is 26.0. The fraction of sp³-hybridized carbons (Fsp3) is 0.306. The Hall–Kier alpha value is -6.46. The molecule has 2 bridgehead atoms. The number of hydrogen-bond acceptors (Lipinski definition) is 15. The van der Waals surface area contributed by atoms with E-state index in [0.717, 1.165) is 11.1 Å². The van der Waals surface area contributed by atoms with Crippen LogP contribution in [0.2, 0.25) is 0 Å². The molecule has 0 spiro atoms. The van der Waals surface area contributed by atoms with Gasteiger partial charge in [-0.25, -0.2) is 19.2 Å². The first-order valence-electron chi connectivity index (χ1n) is 20.6. The average molecular weight is 875 g/mol. The smallest absolute Gasteiger partial charge is 0.338 e. The van der Waals surface area contributed by atoms with Gasteiger partial charge >= 0.3 is 23.9 Å². The molecule has 10 atom stereocenters. The van der Waals surface area contributed by atoms with Crippen LogP contribution in [0.5, 0.6) is 5.75 Å². The highest BCUT2D eigenvalue weighted by atomic mass is 16.8. The van der Waals surface area contributed by atoms with Crippen LogP contribution in [0.25, 0.3) is 0 Å². The number of ether oxygens (including phenoxy) is 11. The molecule has 3 saturated heterocycles. The van der Waals surface area contributed by atoms with Gasteiger partial charge in [0.05, 0.1) is 50.7 Å². The topological polar surface area (TPSA) is 170 Å². The Labute approximate surface area is 368 Å². The summed E-state index contributed by atoms with van der Waals surface area (Å²) in [7, 11) is 2.70. The van der Waals surface area contributed by atoms with E-state index in [-0.39, 0.29) is 36.5 Å². The molecule has 64 heavy (non-hydrogen) atoms. The molecular weight excluding hydrogens is 829 g/mol. The highest BCUT2D eigenvalue weighted by molar-refractivity contribution is 5.91. The highest BCUT2D eigenvalue weighted by Crippen LogP contribution is 2.39. The molecule has 3 heterocycles. The van der Waals surface area contributed by atoms with Gasteiger partial charge in [-0.3, -0.25) is 0 Å². The zero-order valence-corrected chi connectivity index (χ0v) is 34.9. The van der Waals surface area contributed by atoms with Crippen LogP contribution in [0.4, 0.5) is 0 Å². The van der Waals surface area contributed by atoms with E-state index in [1.54, 1.807) is 72.8 Å². The van der Waals surface area contributed by atoms with Crippen LogP contribution in [0.15, 0.2) is 146 Å². The Morgan fingerprint density at radius 3 is 1.53 bits per heavy atom. The summed E-state index contributed by atoms with van der Waals surface area (Å²) in [5, 5.41) is 0. The standard InChI is InChI=1S/C49H46O15/c1-54-35-25-23-34(24-26-35)46(52)61-42-39(57-28-31-17-9-4-10-18-31)38(56-27-30-15-7-3-8-16-30)41(47(53)55-2)64-49(42)63-37-36-29-58-48(59-36)43(62-45(51)33-21-13-6-14-22-33)40(37)60-44(50)32-19-11-5-12-20-32/h3-26,36-43,48-49H,27-29H2,1-2H3/t36-,37-,38+,39+,40+,41+,42-,43-,48-,49-/m1/s1. The van der Waals surface area contributed by atoms with Gasteiger partial charge in [0, 0.05) is 0 Å². The van der Waals surface area contributed by atoms with E-state index < -0.39 is 85.3 Å². The summed E-state index contributed by atoms with van der Waals surface area (Å²) in [5.41, 5.74) is 2.10. The van der Waals surface area contributed by atoms with Crippen molar-refractivity contribution in [2.24, 2.45) is 0 Å². The minimum absolute atomic E-state index is 0.00146. The van der Waals surface area contributed by atoms with Gasteiger partial charge in [-0.2, -0.15) is 0 Å². The minimum Gasteiger partial charge on any atom is -0.497 e. The highest BCUT2D eigenvalue weighted by Gasteiger charge is 2.59. The van der Waals surface area contributed by atoms with Crippen molar-refractivity contribution in [3.8, 4) is 5.75 Å². The average Bonchev–Trinajstić information content (AvgIpc) is 3.79. The Morgan fingerprint density at radius 1 is 0.516 bits per heavy atom. The second-order valence-corrected chi connectivity index (χ2v) is 15.0. The van der Waals surface area contributed by atoms with Crippen molar-refractivity contribution in [2.45, 2.75) is 74.6 Å². The van der Waals surface area contributed by atoms with Crippen LogP contribution in [0, 0.1) is 0 Å². The number of fused-ring (bicyclic) bond motifs is 2. The summed E-state index contributed by atoms with van der Waals surface area (Å²) in [6.45, 7) is -0.108. The van der Waals surface area contributed by atoms with Gasteiger partial charge in [-0.05, 0) is 59.7 Å². The lowest BCUT2D eigenvalue weighted by Crippen LogP contribution is -2.66. The number of rotatable bonds is 16. The summed E-state index contributed by atoms with van der Waals surface area (Å²) in [4.78, 5) is 55.5. The van der Waals surface area contributed by atoms with Gasteiger partial charge in [-0.15, -0.1) is 0 Å². The van der Waals surface area contributed by atoms with Crippen LogP contribution in [-0.4, -0.2) is 106 Å². The van der Waals surface area contributed by atoms with E-state index in [1.807, 2.05) is 60.7 Å². The van der Waals surface area contributed by atoms with Gasteiger partial charge in [0.15, 0.2) is 37.0 Å². The maximum absolute atomic E-state index is 14.2. The molecular formula is C49H46O15. The molecule has 8 rings (SSSR count). The fourth-order valence-electron chi connectivity index (χ4n) is 7.62. The van der Waals surface area contributed by atoms with E-state index in [1.165, 1.54) is 26.4 Å². The molecule has 0 N–H and O–H groups in total. The minimum atomic E-state index is -1.67. The predicted octanol–water partition coefficient (Wildman–Crippen LogP) is 5.88. The van der Waals surface area contributed by atoms with Gasteiger partial charge in [0.25, 0.3) is 0 Å². The van der Waals surface area contributed by atoms with E-state index in [0.29, 0.717) is 5.75 Å². The summed E-state index contributed by atoms with van der Waals surface area (Å²) >= 11 is 0. The molecule has 0 aromatic heterocycles. The Bertz CT molecular complexity index is 2310. The maximum atomic E-state index is 14.2. The lowest BCUT2D eigenvalue weighted by atomic mass is 9.96. The second-order valence-electron chi connectivity index (χ2n) is 15.0. The van der Waals surface area contributed by atoms with Gasteiger partial charge in [0.1, 0.15) is 30.2 Å². The monoisotopic (exact) mass is 874 g/mol. The molecule has 5 aromatic rings. The molecule has 15 heteroatoms. The van der Waals surface area contributed by atoms with Crippen molar-refractivity contribution in [3.05, 3.63) is 173 Å². The van der Waals surface area contributed by atoms with Gasteiger partial charge < -0.3 is 52.1 Å². The Balaban J connectivity index is 1.19. The first-order chi connectivity index (χ1) is 31.3. The number of hydrogen-bond donors (Lipinski definition) is 0. The zero-order valence-electron chi connectivity index (χ0n) is 34.9. The number of methoxy groups -OCH3 is 2. The second kappa shape index (κ2) is 20.8. The van der Waals surface area contributed by atoms with Crippen molar-refractivity contribution >= 4 is 23.9 Å². The molecule has 0 aliphatic carbocycles. The number of carbonyl (C=O) groups excluding carboxylic acids is 4. The predicted molar refractivity (Wildman–Crippen MR) is 224 cm³/mol. The van der Waals surface area contributed by atoms with E-state index in [9.17, 15) is 19.2 Å². The third-order valence-corrected chi connectivity index (χ3v) is 10.9. The summed E-state index contributed by atoms with van der Waals surface area (Å²) in [6, 6.07) is 41.2. The Kier molecular flexibility index (Phi) is 14.4. The van der Waals surface area contributed by atoms with Crippen LogP contribution >= 0.6 is 0 Å². The first-order valence-corrected chi connectivity index (χ1v) is 20.6. The third kappa shape index (κ3) is 10.3. The van der Waals surface area contributed by atoms with Crippen LogP contribution in [-0.2, 0) is 65.4 Å². The summed E-state index contributed by atoms with van der Waals surface area (Å²) in [6.07, 6.45) is -13.4. The molecule has 0 unspecified atom stereocenters.